The summed E-state index contributed by atoms with van der Waals surface area (Å²) in [4.78, 5) is 0. The molecule has 1 N–H and O–H groups in total. The summed E-state index contributed by atoms with van der Waals surface area (Å²) in [6, 6.07) is 0.505. The number of benzene rings is 1. The second-order valence-corrected chi connectivity index (χ2v) is 6.50. The van der Waals surface area contributed by atoms with Crippen molar-refractivity contribution in [1.29, 1.82) is 0 Å². The minimum atomic E-state index is 0.505. The monoisotopic (exact) mass is 259 g/mol. The third-order valence-electron chi connectivity index (χ3n) is 5.57. The van der Waals surface area contributed by atoms with Crippen LogP contribution in [0.3, 0.4) is 0 Å². The molecule has 1 aromatic carbocycles. The van der Waals surface area contributed by atoms with Gasteiger partial charge in [0.2, 0.25) is 0 Å². The van der Waals surface area contributed by atoms with E-state index < -0.39 is 0 Å². The molecule has 1 saturated carbocycles. The molecule has 0 bridgehead atoms. The van der Waals surface area contributed by atoms with Crippen molar-refractivity contribution < 1.29 is 0 Å². The smallest absolute Gasteiger partial charge is 0.0351 e. The van der Waals surface area contributed by atoms with Gasteiger partial charge in [-0.25, -0.2) is 0 Å². The number of hydrogen-bond acceptors (Lipinski definition) is 1. The normalized spacial score (nSPS) is 18.5. The predicted octanol–water partition coefficient (Wildman–Crippen LogP) is 4.54. The molecular weight excluding hydrogens is 230 g/mol. The van der Waals surface area contributed by atoms with Crippen LogP contribution in [0, 0.1) is 46.5 Å². The Kier molecular flexibility index (Phi) is 4.06. The topological polar surface area (TPSA) is 12.0 Å². The summed E-state index contributed by atoms with van der Waals surface area (Å²) in [6.45, 7) is 13.8. The van der Waals surface area contributed by atoms with Crippen LogP contribution in [-0.2, 0) is 0 Å². The fraction of sp³-hybridized carbons (Fsp3) is 0.667. The van der Waals surface area contributed by atoms with Gasteiger partial charge in [0.1, 0.15) is 0 Å². The van der Waals surface area contributed by atoms with Gasteiger partial charge in [-0.15, -0.1) is 0 Å². The van der Waals surface area contributed by atoms with Gasteiger partial charge in [0, 0.05) is 6.04 Å². The van der Waals surface area contributed by atoms with Gasteiger partial charge in [-0.3, -0.25) is 0 Å². The van der Waals surface area contributed by atoms with Crippen LogP contribution in [0.1, 0.15) is 59.2 Å². The van der Waals surface area contributed by atoms with Gasteiger partial charge in [0.25, 0.3) is 0 Å². The fourth-order valence-electron chi connectivity index (χ4n) is 3.56. The van der Waals surface area contributed by atoms with E-state index >= 15 is 0 Å². The maximum atomic E-state index is 3.60. The molecule has 0 aliphatic heterocycles. The van der Waals surface area contributed by atoms with Crippen molar-refractivity contribution in [3.8, 4) is 0 Å². The van der Waals surface area contributed by atoms with Crippen LogP contribution < -0.4 is 5.32 Å². The summed E-state index contributed by atoms with van der Waals surface area (Å²) >= 11 is 0. The van der Waals surface area contributed by atoms with Crippen molar-refractivity contribution in [1.82, 2.24) is 5.32 Å². The van der Waals surface area contributed by atoms with Crippen molar-refractivity contribution in [2.24, 2.45) is 11.8 Å². The average molecular weight is 259 g/mol. The fourth-order valence-corrected chi connectivity index (χ4v) is 3.56. The maximum absolute atomic E-state index is 3.60. The van der Waals surface area contributed by atoms with Crippen LogP contribution in [0.2, 0.25) is 0 Å². The summed E-state index contributed by atoms with van der Waals surface area (Å²) in [5.41, 5.74) is 8.96. The Labute approximate surface area is 118 Å². The van der Waals surface area contributed by atoms with Crippen LogP contribution in [0.15, 0.2) is 0 Å². The van der Waals surface area contributed by atoms with E-state index in [9.17, 15) is 0 Å². The molecule has 0 radical (unpaired) electrons. The molecule has 0 saturated heterocycles. The Morgan fingerprint density at radius 3 is 1.63 bits per heavy atom. The lowest BCUT2D eigenvalue weighted by atomic mass is 9.81. The first kappa shape index (κ1) is 14.6. The zero-order valence-electron chi connectivity index (χ0n) is 13.6. The first-order valence-electron chi connectivity index (χ1n) is 7.64. The van der Waals surface area contributed by atoms with E-state index in [0.717, 1.165) is 11.8 Å². The lowest BCUT2D eigenvalue weighted by Crippen LogP contribution is -2.27. The first-order chi connectivity index (χ1) is 8.90. The molecule has 1 nitrogen and oxygen atoms in total. The molecule has 106 valence electrons. The third kappa shape index (κ3) is 2.45. The Morgan fingerprint density at radius 2 is 1.26 bits per heavy atom. The molecule has 1 aliphatic carbocycles. The van der Waals surface area contributed by atoms with Crippen molar-refractivity contribution in [3.05, 3.63) is 33.4 Å². The molecule has 0 spiro atoms. The van der Waals surface area contributed by atoms with Crippen LogP contribution in [0.4, 0.5) is 0 Å². The lowest BCUT2D eigenvalue weighted by molar-refractivity contribution is 0.366. The molecule has 2 unspecified atom stereocenters. The van der Waals surface area contributed by atoms with Crippen LogP contribution in [0.5, 0.6) is 0 Å². The Hall–Kier alpha value is -0.820. The van der Waals surface area contributed by atoms with Crippen LogP contribution >= 0.6 is 0 Å². The summed E-state index contributed by atoms with van der Waals surface area (Å²) in [6.07, 6.45) is 2.84. The minimum absolute atomic E-state index is 0.505. The second-order valence-electron chi connectivity index (χ2n) is 6.50. The van der Waals surface area contributed by atoms with E-state index in [1.807, 2.05) is 0 Å². The number of nitrogens with one attached hydrogen (secondary N) is 1. The zero-order valence-corrected chi connectivity index (χ0v) is 13.6. The highest BCUT2D eigenvalue weighted by atomic mass is 14.9. The highest BCUT2D eigenvalue weighted by molar-refractivity contribution is 5.51. The number of rotatable bonds is 4. The molecule has 1 heteroatoms. The zero-order chi connectivity index (χ0) is 14.3. The first-order valence-corrected chi connectivity index (χ1v) is 7.64. The van der Waals surface area contributed by atoms with Crippen LogP contribution in [-0.4, -0.2) is 7.05 Å². The van der Waals surface area contributed by atoms with Gasteiger partial charge in [-0.05, 0) is 99.7 Å². The number of hydrogen-bond donors (Lipinski definition) is 1. The summed E-state index contributed by atoms with van der Waals surface area (Å²) in [5.74, 6) is 1.67. The second kappa shape index (κ2) is 5.28. The van der Waals surface area contributed by atoms with Crippen molar-refractivity contribution in [3.63, 3.8) is 0 Å². The maximum Gasteiger partial charge on any atom is 0.0351 e. The molecule has 2 rings (SSSR count). The van der Waals surface area contributed by atoms with Gasteiger partial charge in [-0.1, -0.05) is 6.92 Å². The quantitative estimate of drug-likeness (QED) is 0.837. The van der Waals surface area contributed by atoms with E-state index in [2.05, 4.69) is 53.9 Å². The lowest BCUT2D eigenvalue weighted by Gasteiger charge is -2.30. The summed E-state index contributed by atoms with van der Waals surface area (Å²) < 4.78 is 0. The van der Waals surface area contributed by atoms with Crippen molar-refractivity contribution in [2.75, 3.05) is 7.05 Å². The van der Waals surface area contributed by atoms with Gasteiger partial charge in [-0.2, -0.15) is 0 Å². The van der Waals surface area contributed by atoms with Crippen molar-refractivity contribution >= 4 is 0 Å². The van der Waals surface area contributed by atoms with Gasteiger partial charge >= 0.3 is 0 Å². The van der Waals surface area contributed by atoms with E-state index in [0.29, 0.717) is 6.04 Å². The minimum Gasteiger partial charge on any atom is -0.313 e. The summed E-state index contributed by atoms with van der Waals surface area (Å²) in [5, 5.41) is 3.60. The molecular formula is C18H29N. The largest absolute Gasteiger partial charge is 0.313 e. The van der Waals surface area contributed by atoms with Gasteiger partial charge < -0.3 is 5.32 Å². The predicted molar refractivity (Wildman–Crippen MR) is 83.8 cm³/mol. The molecule has 19 heavy (non-hydrogen) atoms. The van der Waals surface area contributed by atoms with E-state index in [-0.39, 0.29) is 0 Å². The van der Waals surface area contributed by atoms with E-state index in [1.165, 1.54) is 40.7 Å². The SMILES string of the molecule is CNC(c1c(C)c(C)c(C)c(C)c1C)C(C)C1CC1. The van der Waals surface area contributed by atoms with Crippen molar-refractivity contribution in [2.45, 2.75) is 60.4 Å². The standard InChI is InChI=1S/C18H29N/c1-10-11(2)13(4)17(14(5)12(10)3)18(19-7)15(6)16-8-9-16/h15-16,18-19H,8-9H2,1-7H3. The molecule has 1 aliphatic rings. The molecule has 2 atom stereocenters. The highest BCUT2D eigenvalue weighted by Gasteiger charge is 2.35. The molecule has 1 aromatic rings. The van der Waals surface area contributed by atoms with E-state index in [1.54, 1.807) is 5.56 Å². The highest BCUT2D eigenvalue weighted by Crippen LogP contribution is 2.44. The summed E-state index contributed by atoms with van der Waals surface area (Å²) in [7, 11) is 2.12. The van der Waals surface area contributed by atoms with E-state index in [4.69, 9.17) is 0 Å². The van der Waals surface area contributed by atoms with Gasteiger partial charge in [0.15, 0.2) is 0 Å². The van der Waals surface area contributed by atoms with Gasteiger partial charge in [0.05, 0.1) is 0 Å². The molecule has 1 fully saturated rings. The van der Waals surface area contributed by atoms with Crippen LogP contribution in [0.25, 0.3) is 0 Å². The Balaban J connectivity index is 2.53. The average Bonchev–Trinajstić information content (AvgIpc) is 3.22. The molecule has 0 heterocycles. The molecule has 0 amide bonds. The Bertz CT molecular complexity index is 454. The third-order valence-corrected chi connectivity index (χ3v) is 5.57. The molecule has 0 aromatic heterocycles. The Morgan fingerprint density at radius 1 is 0.842 bits per heavy atom.